The molecule has 10 nitrogen and oxygen atoms in total. The molecule has 0 unspecified atom stereocenters. The van der Waals surface area contributed by atoms with Crippen LogP contribution in [0, 0.1) is 0 Å². The molecule has 0 aromatic carbocycles. The molecule has 204 valence electrons. The van der Waals surface area contributed by atoms with Crippen molar-refractivity contribution in [2.75, 3.05) is 44.3 Å². The lowest BCUT2D eigenvalue weighted by Crippen LogP contribution is -2.61. The van der Waals surface area contributed by atoms with Gasteiger partial charge in [0.1, 0.15) is 4.21 Å². The summed E-state index contributed by atoms with van der Waals surface area (Å²) in [6, 6.07) is 2.53. The normalized spacial score (nSPS) is 29.4. The molecule has 3 aliphatic rings. The number of morpholine rings is 1. The lowest BCUT2D eigenvalue weighted by atomic mass is 9.99. The van der Waals surface area contributed by atoms with Gasteiger partial charge in [-0.1, -0.05) is 6.07 Å². The Balaban J connectivity index is 1.43. The summed E-state index contributed by atoms with van der Waals surface area (Å²) >= 11 is 1.13. The summed E-state index contributed by atoms with van der Waals surface area (Å²) in [7, 11) is -3.73. The molecule has 2 aromatic rings. The second kappa shape index (κ2) is 9.70. The summed E-state index contributed by atoms with van der Waals surface area (Å²) in [5.74, 6) is 0.140. The van der Waals surface area contributed by atoms with Crippen molar-refractivity contribution in [3.63, 3.8) is 0 Å². The topological polar surface area (TPSA) is 119 Å². The third kappa shape index (κ3) is 4.86. The first-order valence-electron chi connectivity index (χ1n) is 11.8. The van der Waals surface area contributed by atoms with E-state index in [4.69, 9.17) is 4.74 Å². The summed E-state index contributed by atoms with van der Waals surface area (Å²) in [5.41, 5.74) is -3.60. The maximum atomic E-state index is 13.3. The van der Waals surface area contributed by atoms with Crippen molar-refractivity contribution in [2.24, 2.45) is 0 Å². The van der Waals surface area contributed by atoms with Crippen LogP contribution in [-0.4, -0.2) is 108 Å². The second-order valence-electron chi connectivity index (χ2n) is 9.74. The molecule has 2 bridgehead atoms. The zero-order valence-corrected chi connectivity index (χ0v) is 21.6. The van der Waals surface area contributed by atoms with E-state index >= 15 is 0 Å². The molecular weight excluding hydrogens is 535 g/mol. The summed E-state index contributed by atoms with van der Waals surface area (Å²) in [4.78, 5) is 12.2. The van der Waals surface area contributed by atoms with Crippen LogP contribution in [0.3, 0.4) is 0 Å². The van der Waals surface area contributed by atoms with E-state index in [9.17, 15) is 31.8 Å². The van der Waals surface area contributed by atoms with E-state index in [1.165, 1.54) is 4.31 Å². The van der Waals surface area contributed by atoms with Crippen molar-refractivity contribution in [1.82, 2.24) is 19.2 Å². The number of halogens is 3. The molecule has 0 spiro atoms. The van der Waals surface area contributed by atoms with Crippen molar-refractivity contribution in [3.8, 4) is 0 Å². The lowest BCUT2D eigenvalue weighted by Gasteiger charge is -2.45. The SMILES string of the molecule is C[C@@](O)(c1cnc(N2CCN(S(=O)(=O)c3cccs3)C[C@@H]2CN2[C@@H]3COC[C@H]2[C@@H](O)C3)nc1)C(F)(F)F. The molecule has 3 aliphatic heterocycles. The number of anilines is 1. The van der Waals surface area contributed by atoms with E-state index in [0.29, 0.717) is 33.1 Å². The van der Waals surface area contributed by atoms with Crippen LogP contribution >= 0.6 is 11.3 Å². The van der Waals surface area contributed by atoms with Gasteiger partial charge >= 0.3 is 6.18 Å². The first kappa shape index (κ1) is 26.7. The van der Waals surface area contributed by atoms with Gasteiger partial charge in [-0.2, -0.15) is 17.5 Å². The Morgan fingerprint density at radius 1 is 1.22 bits per heavy atom. The van der Waals surface area contributed by atoms with Crippen LogP contribution < -0.4 is 4.90 Å². The van der Waals surface area contributed by atoms with Gasteiger partial charge in [-0.3, -0.25) is 4.90 Å². The van der Waals surface area contributed by atoms with Crippen LogP contribution in [0.25, 0.3) is 0 Å². The van der Waals surface area contributed by atoms with E-state index < -0.39 is 39.5 Å². The fourth-order valence-corrected chi connectivity index (χ4v) is 7.79. The van der Waals surface area contributed by atoms with Gasteiger partial charge in [0.25, 0.3) is 10.0 Å². The molecule has 3 saturated heterocycles. The minimum Gasteiger partial charge on any atom is -0.391 e. The van der Waals surface area contributed by atoms with E-state index in [0.717, 1.165) is 23.7 Å². The summed E-state index contributed by atoms with van der Waals surface area (Å²) in [5, 5.41) is 22.1. The molecule has 0 radical (unpaired) electrons. The highest BCUT2D eigenvalue weighted by Crippen LogP contribution is 2.38. The number of thiophene rings is 1. The van der Waals surface area contributed by atoms with Gasteiger partial charge in [-0.05, 0) is 24.8 Å². The van der Waals surface area contributed by atoms with Crippen LogP contribution in [0.2, 0.25) is 0 Å². The molecule has 5 atom stereocenters. The van der Waals surface area contributed by atoms with Gasteiger partial charge in [0.15, 0.2) is 5.60 Å². The smallest absolute Gasteiger partial charge is 0.391 e. The summed E-state index contributed by atoms with van der Waals surface area (Å²) in [6.45, 7) is 2.31. The van der Waals surface area contributed by atoms with Crippen molar-refractivity contribution in [3.05, 3.63) is 35.5 Å². The van der Waals surface area contributed by atoms with Crippen LogP contribution in [-0.2, 0) is 20.4 Å². The van der Waals surface area contributed by atoms with Gasteiger partial charge in [-0.15, -0.1) is 11.3 Å². The number of ether oxygens (including phenoxy) is 1. The first-order chi connectivity index (χ1) is 17.4. The van der Waals surface area contributed by atoms with E-state index in [-0.39, 0.29) is 41.9 Å². The number of rotatable bonds is 6. The van der Waals surface area contributed by atoms with Gasteiger partial charge in [0.2, 0.25) is 5.95 Å². The molecule has 0 saturated carbocycles. The molecule has 0 amide bonds. The Bertz CT molecular complexity index is 1200. The maximum Gasteiger partial charge on any atom is 0.421 e. The molecule has 0 aliphatic carbocycles. The average Bonchev–Trinajstić information content (AvgIpc) is 3.44. The Kier molecular flexibility index (Phi) is 7.00. The minimum absolute atomic E-state index is 0.0231. The number of hydrogen-bond donors (Lipinski definition) is 2. The molecule has 2 N–H and O–H groups in total. The number of aliphatic hydroxyl groups is 2. The van der Waals surface area contributed by atoms with Crippen molar-refractivity contribution < 1.29 is 36.5 Å². The third-order valence-electron chi connectivity index (χ3n) is 7.42. The van der Waals surface area contributed by atoms with Crippen molar-refractivity contribution in [1.29, 1.82) is 0 Å². The van der Waals surface area contributed by atoms with Gasteiger partial charge in [-0.25, -0.2) is 18.4 Å². The predicted octanol–water partition coefficient (Wildman–Crippen LogP) is 1.02. The molecule has 5 rings (SSSR count). The highest BCUT2D eigenvalue weighted by molar-refractivity contribution is 7.91. The average molecular weight is 564 g/mol. The lowest BCUT2D eigenvalue weighted by molar-refractivity contribution is -0.259. The number of hydrogen-bond acceptors (Lipinski definition) is 10. The van der Waals surface area contributed by atoms with Crippen molar-refractivity contribution >= 4 is 27.3 Å². The number of sulfonamides is 1. The fourth-order valence-electron chi connectivity index (χ4n) is 5.17. The zero-order chi connectivity index (χ0) is 26.6. The number of nitrogens with zero attached hydrogens (tertiary/aromatic N) is 5. The third-order valence-corrected chi connectivity index (χ3v) is 10.7. The highest BCUT2D eigenvalue weighted by Gasteiger charge is 2.52. The van der Waals surface area contributed by atoms with Gasteiger partial charge in [0, 0.05) is 50.2 Å². The standard InChI is InChI=1S/C22H28F3N5O5S2/c1-21(32,22(23,24)25)14-8-26-20(27-9-14)29-5-4-28(37(33,34)19-3-2-6-36-19)10-16(29)11-30-15-7-18(31)17(30)13-35-12-15/h2-3,6,8-9,15-18,31-32H,4-5,7,10-13H2,1H3/t15-,16+,17-,18-,21+/m0/s1. The zero-order valence-electron chi connectivity index (χ0n) is 20.0. The van der Waals surface area contributed by atoms with E-state index in [1.807, 2.05) is 0 Å². The molecular formula is C22H28F3N5O5S2. The second-order valence-corrected chi connectivity index (χ2v) is 12.9. The molecule has 15 heteroatoms. The number of alkyl halides is 3. The Labute approximate surface area is 216 Å². The Morgan fingerprint density at radius 3 is 2.57 bits per heavy atom. The van der Waals surface area contributed by atoms with Crippen LogP contribution in [0.15, 0.2) is 34.1 Å². The van der Waals surface area contributed by atoms with Crippen LogP contribution in [0.1, 0.15) is 18.9 Å². The highest BCUT2D eigenvalue weighted by atomic mass is 32.2. The van der Waals surface area contributed by atoms with E-state index in [1.54, 1.807) is 22.4 Å². The number of aromatic nitrogens is 2. The van der Waals surface area contributed by atoms with Crippen LogP contribution in [0.5, 0.6) is 0 Å². The summed E-state index contributed by atoms with van der Waals surface area (Å²) < 4.78 is 73.5. The minimum atomic E-state index is -4.90. The van der Waals surface area contributed by atoms with E-state index in [2.05, 4.69) is 14.9 Å². The summed E-state index contributed by atoms with van der Waals surface area (Å²) in [6.07, 6.45) is -3.02. The van der Waals surface area contributed by atoms with Gasteiger partial charge in [0.05, 0.1) is 31.4 Å². The fraction of sp³-hybridized carbons (Fsp3) is 0.636. The monoisotopic (exact) mass is 563 g/mol. The van der Waals surface area contributed by atoms with Crippen LogP contribution in [0.4, 0.5) is 19.1 Å². The molecule has 2 aromatic heterocycles. The number of fused-ring (bicyclic) bond motifs is 2. The van der Waals surface area contributed by atoms with Crippen molar-refractivity contribution in [2.45, 2.75) is 53.6 Å². The Hall–Kier alpha value is -1.88. The number of piperazine rings is 1. The van der Waals surface area contributed by atoms with Gasteiger partial charge < -0.3 is 19.8 Å². The number of aliphatic hydroxyl groups excluding tert-OH is 1. The first-order valence-corrected chi connectivity index (χ1v) is 14.1. The predicted molar refractivity (Wildman–Crippen MR) is 128 cm³/mol. The largest absolute Gasteiger partial charge is 0.421 e. The molecule has 5 heterocycles. The molecule has 37 heavy (non-hydrogen) atoms. The quantitative estimate of drug-likeness (QED) is 0.531. The molecule has 3 fully saturated rings. The Morgan fingerprint density at radius 2 is 1.95 bits per heavy atom. The maximum absolute atomic E-state index is 13.3.